The van der Waals surface area contributed by atoms with E-state index < -0.39 is 52.4 Å². The second-order valence-corrected chi connectivity index (χ2v) is 9.31. The molecule has 2 saturated heterocycles. The molecule has 1 aromatic rings. The van der Waals surface area contributed by atoms with E-state index >= 15 is 0 Å². The molecule has 32 heavy (non-hydrogen) atoms. The predicted octanol–water partition coefficient (Wildman–Crippen LogP) is 5.20. The van der Waals surface area contributed by atoms with Gasteiger partial charge in [0.2, 0.25) is 0 Å². The average molecular weight is 468 g/mol. The van der Waals surface area contributed by atoms with E-state index in [0.29, 0.717) is 31.5 Å². The molecule has 1 aromatic carbocycles. The van der Waals surface area contributed by atoms with Gasteiger partial charge in [-0.05, 0) is 64.3 Å². The number of nitrogens with one attached hydrogen (secondary N) is 2. The van der Waals surface area contributed by atoms with E-state index in [9.17, 15) is 31.1 Å². The number of rotatable bonds is 4. The molecular formula is C21H26F6N2O3. The number of hydrogen-bond acceptors (Lipinski definition) is 4. The number of ether oxygens (including phenoxy) is 2. The summed E-state index contributed by atoms with van der Waals surface area (Å²) in [7, 11) is 0. The summed E-state index contributed by atoms with van der Waals surface area (Å²) < 4.78 is 89.7. The van der Waals surface area contributed by atoms with Crippen LogP contribution < -0.4 is 10.6 Å². The van der Waals surface area contributed by atoms with E-state index in [-0.39, 0.29) is 18.2 Å². The molecule has 3 atom stereocenters. The number of alkyl carbamates (subject to hydrolysis) is 1. The number of piperidine rings is 1. The van der Waals surface area contributed by atoms with Gasteiger partial charge in [0.1, 0.15) is 5.60 Å². The topological polar surface area (TPSA) is 59.6 Å². The van der Waals surface area contributed by atoms with Crippen molar-refractivity contribution in [3.05, 3.63) is 34.9 Å². The monoisotopic (exact) mass is 468 g/mol. The SMILES string of the molecule is CC(OCC1(C)CCC2(CN1)NC(=O)OC2(C)C)c1cc(C(F)(F)F)cc(C(F)(F)F)c1. The largest absolute Gasteiger partial charge is 0.441 e. The molecule has 5 nitrogen and oxygen atoms in total. The lowest BCUT2D eigenvalue weighted by Crippen LogP contribution is -2.68. The zero-order valence-corrected chi connectivity index (χ0v) is 18.1. The summed E-state index contributed by atoms with van der Waals surface area (Å²) in [5, 5.41) is 6.15. The molecule has 2 fully saturated rings. The molecule has 2 N–H and O–H groups in total. The minimum absolute atomic E-state index is 0.0527. The molecule has 11 heteroatoms. The smallest absolute Gasteiger partial charge is 0.416 e. The van der Waals surface area contributed by atoms with E-state index in [1.165, 1.54) is 6.92 Å². The summed E-state index contributed by atoms with van der Waals surface area (Å²) in [6, 6.07) is 1.46. The molecular weight excluding hydrogens is 442 g/mol. The van der Waals surface area contributed by atoms with Gasteiger partial charge < -0.3 is 20.1 Å². The van der Waals surface area contributed by atoms with Crippen LogP contribution in [0.4, 0.5) is 31.1 Å². The van der Waals surface area contributed by atoms with E-state index in [4.69, 9.17) is 9.47 Å². The highest BCUT2D eigenvalue weighted by Crippen LogP contribution is 2.41. The van der Waals surface area contributed by atoms with Gasteiger partial charge in [-0.15, -0.1) is 0 Å². The zero-order valence-electron chi connectivity index (χ0n) is 18.1. The quantitative estimate of drug-likeness (QED) is 0.597. The van der Waals surface area contributed by atoms with Gasteiger partial charge in [0.05, 0.1) is 29.4 Å². The van der Waals surface area contributed by atoms with Crippen LogP contribution in [0.2, 0.25) is 0 Å². The molecule has 0 saturated carbocycles. The number of amides is 1. The van der Waals surface area contributed by atoms with Crippen LogP contribution in [0, 0.1) is 0 Å². The molecule has 2 heterocycles. The fraction of sp³-hybridized carbons (Fsp3) is 0.667. The third-order valence-electron chi connectivity index (χ3n) is 6.49. The molecule has 180 valence electrons. The second kappa shape index (κ2) is 7.79. The van der Waals surface area contributed by atoms with Crippen LogP contribution in [0.5, 0.6) is 0 Å². The van der Waals surface area contributed by atoms with Gasteiger partial charge >= 0.3 is 18.4 Å². The molecule has 2 aliphatic rings. The highest BCUT2D eigenvalue weighted by Gasteiger charge is 2.57. The van der Waals surface area contributed by atoms with Crippen molar-refractivity contribution in [3.63, 3.8) is 0 Å². The van der Waals surface area contributed by atoms with Gasteiger partial charge in [0.25, 0.3) is 0 Å². The standard InChI is InChI=1S/C21H26F6N2O3/c1-12(13-7-14(20(22,23)24)9-15(8-13)21(25,26)27)31-11-18(4)5-6-19(10-28-18)17(2,3)32-16(30)29-19/h7-9,12,28H,5-6,10-11H2,1-4H3,(H,29,30). The number of cyclic esters (lactones) is 1. The molecule has 3 unspecified atom stereocenters. The van der Waals surface area contributed by atoms with Crippen LogP contribution in [0.25, 0.3) is 0 Å². The summed E-state index contributed by atoms with van der Waals surface area (Å²) in [6.45, 7) is 7.31. The Morgan fingerprint density at radius 2 is 1.59 bits per heavy atom. The zero-order chi connectivity index (χ0) is 24.2. The Balaban J connectivity index is 1.71. The Morgan fingerprint density at radius 1 is 1.03 bits per heavy atom. The van der Waals surface area contributed by atoms with E-state index in [1.54, 1.807) is 13.8 Å². The number of alkyl halides is 6. The van der Waals surface area contributed by atoms with Crippen molar-refractivity contribution in [2.24, 2.45) is 0 Å². The highest BCUT2D eigenvalue weighted by atomic mass is 19.4. The Hall–Kier alpha value is -2.01. The maximum atomic E-state index is 13.1. The van der Waals surface area contributed by atoms with E-state index in [0.717, 1.165) is 0 Å². The average Bonchev–Trinajstić information content (AvgIpc) is 2.88. The lowest BCUT2D eigenvalue weighted by atomic mass is 9.73. The normalized spacial score (nSPS) is 29.0. The molecule has 0 radical (unpaired) electrons. The van der Waals surface area contributed by atoms with Gasteiger partial charge in [0.15, 0.2) is 0 Å². The molecule has 3 rings (SSSR count). The number of carbonyl (C=O) groups excluding carboxylic acids is 1. The van der Waals surface area contributed by atoms with E-state index in [1.807, 2.05) is 6.92 Å². The van der Waals surface area contributed by atoms with Gasteiger partial charge in [-0.25, -0.2) is 4.79 Å². The Morgan fingerprint density at radius 3 is 2.00 bits per heavy atom. The van der Waals surface area contributed by atoms with Gasteiger partial charge in [-0.2, -0.15) is 26.3 Å². The molecule has 1 spiro atoms. The summed E-state index contributed by atoms with van der Waals surface area (Å²) in [6.07, 6.45) is -10.2. The molecule has 0 bridgehead atoms. The van der Waals surface area contributed by atoms with E-state index in [2.05, 4.69) is 10.6 Å². The highest BCUT2D eigenvalue weighted by molar-refractivity contribution is 5.72. The molecule has 0 aromatic heterocycles. The second-order valence-electron chi connectivity index (χ2n) is 9.31. The lowest BCUT2D eigenvalue weighted by molar-refractivity contribution is -0.143. The minimum atomic E-state index is -4.92. The van der Waals surface area contributed by atoms with Crippen LogP contribution >= 0.6 is 0 Å². The molecule has 0 aliphatic carbocycles. The van der Waals surface area contributed by atoms with Gasteiger partial charge in [0, 0.05) is 12.1 Å². The number of benzene rings is 1. The van der Waals surface area contributed by atoms with Crippen molar-refractivity contribution < 1.29 is 40.6 Å². The summed E-state index contributed by atoms with van der Waals surface area (Å²) in [5.41, 5.74) is -4.89. The molecule has 1 amide bonds. The van der Waals surface area contributed by atoms with Crippen molar-refractivity contribution in [1.82, 2.24) is 10.6 Å². The summed E-state index contributed by atoms with van der Waals surface area (Å²) >= 11 is 0. The van der Waals surface area contributed by atoms with Crippen LogP contribution in [-0.2, 0) is 21.8 Å². The van der Waals surface area contributed by atoms with Crippen LogP contribution in [0.3, 0.4) is 0 Å². The summed E-state index contributed by atoms with van der Waals surface area (Å²) in [5.74, 6) is 0. The third kappa shape index (κ3) is 4.83. The number of hydrogen-bond donors (Lipinski definition) is 2. The molecule has 2 aliphatic heterocycles. The fourth-order valence-corrected chi connectivity index (χ4v) is 4.09. The van der Waals surface area contributed by atoms with Crippen LogP contribution in [0.1, 0.15) is 63.3 Å². The van der Waals surface area contributed by atoms with Crippen LogP contribution in [-0.4, -0.2) is 35.9 Å². The van der Waals surface area contributed by atoms with Crippen molar-refractivity contribution >= 4 is 6.09 Å². The summed E-state index contributed by atoms with van der Waals surface area (Å²) in [4.78, 5) is 11.7. The number of carbonyl (C=O) groups is 1. The van der Waals surface area contributed by atoms with Crippen molar-refractivity contribution in [2.75, 3.05) is 13.2 Å². The number of halogens is 6. The van der Waals surface area contributed by atoms with Crippen molar-refractivity contribution in [1.29, 1.82) is 0 Å². The third-order valence-corrected chi connectivity index (χ3v) is 6.49. The lowest BCUT2D eigenvalue weighted by Gasteiger charge is -2.47. The van der Waals surface area contributed by atoms with Crippen molar-refractivity contribution in [3.8, 4) is 0 Å². The van der Waals surface area contributed by atoms with Crippen molar-refractivity contribution in [2.45, 2.75) is 75.7 Å². The maximum absolute atomic E-state index is 13.1. The first-order valence-corrected chi connectivity index (χ1v) is 10.1. The maximum Gasteiger partial charge on any atom is 0.416 e. The van der Waals surface area contributed by atoms with Gasteiger partial charge in [-0.3, -0.25) is 0 Å². The van der Waals surface area contributed by atoms with Crippen LogP contribution in [0.15, 0.2) is 18.2 Å². The Labute approximate surface area is 181 Å². The first-order valence-electron chi connectivity index (χ1n) is 10.1. The fourth-order valence-electron chi connectivity index (χ4n) is 4.09. The Kier molecular flexibility index (Phi) is 6.00. The predicted molar refractivity (Wildman–Crippen MR) is 103 cm³/mol. The minimum Gasteiger partial charge on any atom is -0.441 e. The Bertz CT molecular complexity index is 841. The first-order chi connectivity index (χ1) is 14.5. The first kappa shape index (κ1) is 24.6. The van der Waals surface area contributed by atoms with Gasteiger partial charge in [-0.1, -0.05) is 0 Å².